The predicted octanol–water partition coefficient (Wildman–Crippen LogP) is 2.43. The first-order chi connectivity index (χ1) is 6.55. The van der Waals surface area contributed by atoms with Crippen molar-refractivity contribution in [3.8, 4) is 0 Å². The van der Waals surface area contributed by atoms with E-state index in [4.69, 9.17) is 0 Å². The molecular weight excluding hydrogens is 174 g/mol. The predicted molar refractivity (Wildman–Crippen MR) is 56.9 cm³/mol. The summed E-state index contributed by atoms with van der Waals surface area (Å²) in [7, 11) is 2.00. The van der Waals surface area contributed by atoms with Gasteiger partial charge in [-0.15, -0.1) is 0 Å². The summed E-state index contributed by atoms with van der Waals surface area (Å²) in [5, 5.41) is 0. The Balaban J connectivity index is 2.14. The topological polar surface area (TPSA) is 20.3 Å². The molecule has 0 aromatic rings. The highest BCUT2D eigenvalue weighted by Gasteiger charge is 2.46. The third-order valence-electron chi connectivity index (χ3n) is 4.63. The van der Waals surface area contributed by atoms with Gasteiger partial charge in [0.05, 0.1) is 0 Å². The second-order valence-corrected chi connectivity index (χ2v) is 5.37. The zero-order chi connectivity index (χ0) is 10.3. The van der Waals surface area contributed by atoms with Crippen LogP contribution in [0.2, 0.25) is 0 Å². The van der Waals surface area contributed by atoms with Crippen molar-refractivity contribution in [2.45, 2.75) is 51.5 Å². The lowest BCUT2D eigenvalue weighted by molar-refractivity contribution is -0.130. The van der Waals surface area contributed by atoms with Crippen LogP contribution in [0.5, 0.6) is 0 Å². The van der Waals surface area contributed by atoms with Crippen molar-refractivity contribution in [1.82, 2.24) is 4.90 Å². The van der Waals surface area contributed by atoms with E-state index in [0.29, 0.717) is 5.91 Å². The first-order valence-electron chi connectivity index (χ1n) is 5.82. The van der Waals surface area contributed by atoms with E-state index in [1.54, 1.807) is 0 Å². The van der Waals surface area contributed by atoms with E-state index in [1.165, 1.54) is 19.3 Å². The van der Waals surface area contributed by atoms with Gasteiger partial charge in [-0.1, -0.05) is 13.8 Å². The minimum atomic E-state index is 0.239. The fourth-order valence-electron chi connectivity index (χ4n) is 3.15. The summed E-state index contributed by atoms with van der Waals surface area (Å²) >= 11 is 0. The van der Waals surface area contributed by atoms with Gasteiger partial charge in [-0.3, -0.25) is 4.79 Å². The van der Waals surface area contributed by atoms with Crippen LogP contribution < -0.4 is 0 Å². The van der Waals surface area contributed by atoms with Gasteiger partial charge in [0, 0.05) is 19.0 Å². The average molecular weight is 195 g/mol. The molecule has 0 aromatic carbocycles. The number of hydrogen-bond donors (Lipinski definition) is 0. The largest absolute Gasteiger partial charge is 0.340 e. The van der Waals surface area contributed by atoms with Crippen molar-refractivity contribution in [1.29, 1.82) is 0 Å². The number of rotatable bonds is 0. The van der Waals surface area contributed by atoms with E-state index in [9.17, 15) is 4.79 Å². The molecule has 3 atom stereocenters. The fraction of sp³-hybridized carbons (Fsp3) is 0.917. The van der Waals surface area contributed by atoms with Crippen molar-refractivity contribution < 1.29 is 4.79 Å². The van der Waals surface area contributed by atoms with Crippen LogP contribution in [-0.4, -0.2) is 23.4 Å². The summed E-state index contributed by atoms with van der Waals surface area (Å²) in [5.41, 5.74) is 0.239. The van der Waals surface area contributed by atoms with Crippen LogP contribution >= 0.6 is 0 Å². The molecule has 1 heterocycles. The normalized spacial score (nSPS) is 43.6. The van der Waals surface area contributed by atoms with Gasteiger partial charge in [0.15, 0.2) is 0 Å². The van der Waals surface area contributed by atoms with Crippen molar-refractivity contribution >= 4 is 5.91 Å². The second-order valence-electron chi connectivity index (χ2n) is 5.37. The van der Waals surface area contributed by atoms with Crippen molar-refractivity contribution in [2.75, 3.05) is 7.05 Å². The van der Waals surface area contributed by atoms with Crippen LogP contribution in [0.3, 0.4) is 0 Å². The van der Waals surface area contributed by atoms with Gasteiger partial charge in [0.2, 0.25) is 5.91 Å². The Morgan fingerprint density at radius 1 is 1.29 bits per heavy atom. The minimum Gasteiger partial charge on any atom is -0.340 e. The smallest absolute Gasteiger partial charge is 0.222 e. The van der Waals surface area contributed by atoms with Gasteiger partial charge >= 0.3 is 0 Å². The molecule has 2 rings (SSSR count). The molecule has 1 spiro atoms. The van der Waals surface area contributed by atoms with E-state index in [-0.39, 0.29) is 5.54 Å². The van der Waals surface area contributed by atoms with Crippen molar-refractivity contribution in [3.05, 3.63) is 0 Å². The summed E-state index contributed by atoms with van der Waals surface area (Å²) < 4.78 is 0. The van der Waals surface area contributed by atoms with Gasteiger partial charge in [-0.2, -0.15) is 0 Å². The monoisotopic (exact) mass is 195 g/mol. The number of carbonyl (C=O) groups is 1. The van der Waals surface area contributed by atoms with E-state index >= 15 is 0 Å². The van der Waals surface area contributed by atoms with Crippen LogP contribution in [0, 0.1) is 11.8 Å². The molecule has 1 amide bonds. The minimum absolute atomic E-state index is 0.239. The van der Waals surface area contributed by atoms with Gasteiger partial charge in [-0.05, 0) is 37.5 Å². The van der Waals surface area contributed by atoms with Crippen LogP contribution in [0.4, 0.5) is 0 Å². The molecule has 1 saturated carbocycles. The van der Waals surface area contributed by atoms with Crippen LogP contribution in [0.25, 0.3) is 0 Å². The Morgan fingerprint density at radius 3 is 2.50 bits per heavy atom. The van der Waals surface area contributed by atoms with Gasteiger partial charge in [-0.25, -0.2) is 0 Å². The highest BCUT2D eigenvalue weighted by Crippen LogP contribution is 2.45. The SMILES string of the molecule is CC1CCC2(CCC(=O)N2C)CC1C. The molecule has 2 nitrogen and oxygen atoms in total. The number of hydrogen-bond acceptors (Lipinski definition) is 1. The molecule has 80 valence electrons. The van der Waals surface area contributed by atoms with Gasteiger partial charge in [0.1, 0.15) is 0 Å². The molecule has 2 aliphatic rings. The second kappa shape index (κ2) is 3.25. The maximum absolute atomic E-state index is 11.6. The molecule has 0 aromatic heterocycles. The molecule has 14 heavy (non-hydrogen) atoms. The Bertz CT molecular complexity index is 251. The third kappa shape index (κ3) is 1.35. The molecule has 0 N–H and O–H groups in total. The van der Waals surface area contributed by atoms with Crippen LogP contribution in [0.15, 0.2) is 0 Å². The van der Waals surface area contributed by atoms with E-state index < -0.39 is 0 Å². The van der Waals surface area contributed by atoms with Crippen molar-refractivity contribution in [2.24, 2.45) is 11.8 Å². The maximum atomic E-state index is 11.6. The molecule has 1 saturated heterocycles. The molecule has 2 heteroatoms. The number of amides is 1. The Kier molecular flexibility index (Phi) is 2.32. The van der Waals surface area contributed by atoms with Crippen LogP contribution in [-0.2, 0) is 4.79 Å². The molecule has 1 aliphatic carbocycles. The maximum Gasteiger partial charge on any atom is 0.222 e. The Hall–Kier alpha value is -0.530. The molecule has 0 radical (unpaired) electrons. The summed E-state index contributed by atoms with van der Waals surface area (Å²) in [5.74, 6) is 1.97. The molecule has 0 bridgehead atoms. The first-order valence-corrected chi connectivity index (χ1v) is 5.82. The molecular formula is C12H21NO. The lowest BCUT2D eigenvalue weighted by Crippen LogP contribution is -2.47. The third-order valence-corrected chi connectivity index (χ3v) is 4.63. The number of carbonyl (C=O) groups excluding carboxylic acids is 1. The summed E-state index contributed by atoms with van der Waals surface area (Å²) in [6.45, 7) is 4.68. The quantitative estimate of drug-likeness (QED) is 0.581. The highest BCUT2D eigenvalue weighted by molar-refractivity contribution is 5.79. The average Bonchev–Trinajstić information content (AvgIpc) is 2.42. The van der Waals surface area contributed by atoms with E-state index in [2.05, 4.69) is 13.8 Å². The Morgan fingerprint density at radius 2 is 2.00 bits per heavy atom. The molecule has 1 aliphatic heterocycles. The Labute approximate surface area is 86.7 Å². The van der Waals surface area contributed by atoms with Gasteiger partial charge < -0.3 is 4.90 Å². The zero-order valence-corrected chi connectivity index (χ0v) is 9.55. The summed E-state index contributed by atoms with van der Waals surface area (Å²) in [4.78, 5) is 13.6. The molecule has 3 unspecified atom stereocenters. The van der Waals surface area contributed by atoms with Crippen LogP contribution in [0.1, 0.15) is 46.0 Å². The lowest BCUT2D eigenvalue weighted by Gasteiger charge is -2.44. The number of nitrogens with zero attached hydrogens (tertiary/aromatic N) is 1. The van der Waals surface area contributed by atoms with E-state index in [1.807, 2.05) is 11.9 Å². The van der Waals surface area contributed by atoms with Gasteiger partial charge in [0.25, 0.3) is 0 Å². The van der Waals surface area contributed by atoms with E-state index in [0.717, 1.165) is 24.7 Å². The molecule has 2 fully saturated rings. The standard InChI is InChI=1S/C12H21NO/c1-9-4-6-12(8-10(9)2)7-5-11(14)13(12)3/h9-10H,4-8H2,1-3H3. The first kappa shape index (κ1) is 10.0. The summed E-state index contributed by atoms with van der Waals surface area (Å²) in [6.07, 6.45) is 5.60. The van der Waals surface area contributed by atoms with Crippen molar-refractivity contribution in [3.63, 3.8) is 0 Å². The summed E-state index contributed by atoms with van der Waals surface area (Å²) in [6, 6.07) is 0. The fourth-order valence-corrected chi connectivity index (χ4v) is 3.15. The lowest BCUT2D eigenvalue weighted by atomic mass is 9.70. The number of likely N-dealkylation sites (tertiary alicyclic amines) is 1. The highest BCUT2D eigenvalue weighted by atomic mass is 16.2. The zero-order valence-electron chi connectivity index (χ0n) is 9.55.